The van der Waals surface area contributed by atoms with E-state index in [-0.39, 0.29) is 24.5 Å². The first kappa shape index (κ1) is 21.5. The summed E-state index contributed by atoms with van der Waals surface area (Å²) < 4.78 is 6.84. The fourth-order valence-electron chi connectivity index (χ4n) is 3.19. The van der Waals surface area contributed by atoms with E-state index in [0.29, 0.717) is 17.0 Å². The summed E-state index contributed by atoms with van der Waals surface area (Å²) in [4.78, 5) is 31.8. The zero-order valence-electron chi connectivity index (χ0n) is 17.8. The van der Waals surface area contributed by atoms with Gasteiger partial charge in [0, 0.05) is 12.7 Å². The van der Waals surface area contributed by atoms with Crippen molar-refractivity contribution in [2.45, 2.75) is 13.0 Å². The summed E-state index contributed by atoms with van der Waals surface area (Å²) in [6.07, 6.45) is 0. The highest BCUT2D eigenvalue weighted by Gasteiger charge is 2.22. The van der Waals surface area contributed by atoms with Crippen LogP contribution in [0.1, 0.15) is 28.3 Å². The van der Waals surface area contributed by atoms with Gasteiger partial charge in [-0.2, -0.15) is 0 Å². The third-order valence-corrected chi connectivity index (χ3v) is 6.36. The monoisotopic (exact) mass is 445 g/mol. The molecule has 6 nitrogen and oxygen atoms in total. The lowest BCUT2D eigenvalue weighted by Gasteiger charge is -2.23. The Morgan fingerprint density at radius 3 is 2.47 bits per heavy atom. The van der Waals surface area contributed by atoms with E-state index in [2.05, 4.69) is 10.3 Å². The number of carbonyl (C=O) groups is 2. The Labute approximate surface area is 190 Å². The van der Waals surface area contributed by atoms with Crippen molar-refractivity contribution in [2.24, 2.45) is 0 Å². The molecule has 162 valence electrons. The van der Waals surface area contributed by atoms with Crippen LogP contribution in [-0.2, 0) is 4.79 Å². The summed E-state index contributed by atoms with van der Waals surface area (Å²) in [5.41, 5.74) is 1.98. The molecule has 3 aromatic carbocycles. The van der Waals surface area contributed by atoms with Crippen LogP contribution in [-0.4, -0.2) is 35.4 Å². The molecule has 1 aromatic heterocycles. The van der Waals surface area contributed by atoms with Gasteiger partial charge in [0.15, 0.2) is 6.61 Å². The molecular weight excluding hydrogens is 422 g/mol. The molecule has 1 heterocycles. The highest BCUT2D eigenvalue weighted by atomic mass is 32.1. The lowest BCUT2D eigenvalue weighted by molar-refractivity contribution is -0.134. The first-order valence-electron chi connectivity index (χ1n) is 10.2. The third-order valence-electron chi connectivity index (χ3n) is 5.16. The number of nitrogens with one attached hydrogen (secondary N) is 1. The van der Waals surface area contributed by atoms with Crippen LogP contribution in [0.2, 0.25) is 0 Å². The SMILES string of the molecule is C[C@H](c1nc2ccccc2s1)N(C)C(=O)COc1ccccc1C(=O)Nc1ccccc1. The fraction of sp³-hybridized carbons (Fsp3) is 0.160. The van der Waals surface area contributed by atoms with Gasteiger partial charge in [0.2, 0.25) is 0 Å². The number of fused-ring (bicyclic) bond motifs is 1. The number of nitrogens with zero attached hydrogens (tertiary/aromatic N) is 2. The maximum atomic E-state index is 12.8. The summed E-state index contributed by atoms with van der Waals surface area (Å²) in [6, 6.07) is 23.8. The Kier molecular flexibility index (Phi) is 6.47. The molecule has 0 bridgehead atoms. The maximum absolute atomic E-state index is 12.8. The number of anilines is 1. The second kappa shape index (κ2) is 9.62. The molecule has 0 saturated carbocycles. The average Bonchev–Trinajstić information content (AvgIpc) is 3.26. The van der Waals surface area contributed by atoms with E-state index in [1.807, 2.05) is 61.5 Å². The number of likely N-dealkylation sites (N-methyl/N-ethyl adjacent to an activating group) is 1. The van der Waals surface area contributed by atoms with Crippen LogP contribution in [0.5, 0.6) is 5.75 Å². The first-order chi connectivity index (χ1) is 15.5. The second-order valence-corrected chi connectivity index (χ2v) is 8.37. The minimum atomic E-state index is -0.296. The number of hydrogen-bond donors (Lipinski definition) is 1. The Morgan fingerprint density at radius 2 is 1.69 bits per heavy atom. The van der Waals surface area contributed by atoms with Crippen LogP contribution >= 0.6 is 11.3 Å². The predicted octanol–water partition coefficient (Wildman–Crippen LogP) is 5.15. The topological polar surface area (TPSA) is 71.5 Å². The summed E-state index contributed by atoms with van der Waals surface area (Å²) in [6.45, 7) is 1.76. The molecule has 0 aliphatic rings. The van der Waals surface area contributed by atoms with Crippen molar-refractivity contribution in [1.82, 2.24) is 9.88 Å². The van der Waals surface area contributed by atoms with Gasteiger partial charge in [0.05, 0.1) is 21.8 Å². The summed E-state index contributed by atoms with van der Waals surface area (Å²) in [5, 5.41) is 3.71. The summed E-state index contributed by atoms with van der Waals surface area (Å²) >= 11 is 1.57. The average molecular weight is 446 g/mol. The quantitative estimate of drug-likeness (QED) is 0.427. The Morgan fingerprint density at radius 1 is 1.00 bits per heavy atom. The Hall–Kier alpha value is -3.71. The molecule has 0 aliphatic carbocycles. The van der Waals surface area contributed by atoms with Gasteiger partial charge < -0.3 is 15.0 Å². The normalized spacial score (nSPS) is 11.7. The van der Waals surface area contributed by atoms with Crippen LogP contribution in [0.4, 0.5) is 5.69 Å². The maximum Gasteiger partial charge on any atom is 0.260 e. The van der Waals surface area contributed by atoms with Gasteiger partial charge in [-0.25, -0.2) is 4.98 Å². The molecule has 4 aromatic rings. The number of benzene rings is 3. The standard InChI is InChI=1S/C25H23N3O3S/c1-17(25-27-20-13-7-9-15-22(20)32-25)28(2)23(29)16-31-21-14-8-6-12-19(21)24(30)26-18-10-4-3-5-11-18/h3-15,17H,16H2,1-2H3,(H,26,30)/t17-/m1/s1. The number of para-hydroxylation sites is 3. The van der Waals surface area contributed by atoms with Crippen LogP contribution in [0.15, 0.2) is 78.9 Å². The van der Waals surface area contributed by atoms with Crippen molar-refractivity contribution >= 4 is 39.1 Å². The van der Waals surface area contributed by atoms with E-state index >= 15 is 0 Å². The molecule has 0 fully saturated rings. The Bertz CT molecular complexity index is 1210. The van der Waals surface area contributed by atoms with E-state index in [9.17, 15) is 9.59 Å². The van der Waals surface area contributed by atoms with Crippen LogP contribution in [0, 0.1) is 0 Å². The van der Waals surface area contributed by atoms with Crippen molar-refractivity contribution in [1.29, 1.82) is 0 Å². The molecule has 2 amide bonds. The molecule has 7 heteroatoms. The highest BCUT2D eigenvalue weighted by molar-refractivity contribution is 7.18. The van der Waals surface area contributed by atoms with Gasteiger partial charge in [-0.1, -0.05) is 42.5 Å². The molecule has 32 heavy (non-hydrogen) atoms. The Balaban J connectivity index is 1.41. The number of hydrogen-bond acceptors (Lipinski definition) is 5. The van der Waals surface area contributed by atoms with Crippen molar-refractivity contribution < 1.29 is 14.3 Å². The lowest BCUT2D eigenvalue weighted by Crippen LogP contribution is -2.33. The van der Waals surface area contributed by atoms with Crippen LogP contribution < -0.4 is 10.1 Å². The molecule has 0 saturated heterocycles. The largest absolute Gasteiger partial charge is 0.483 e. The number of amides is 2. The van der Waals surface area contributed by atoms with E-state index in [1.165, 1.54) is 0 Å². The van der Waals surface area contributed by atoms with Crippen LogP contribution in [0.25, 0.3) is 10.2 Å². The van der Waals surface area contributed by atoms with Crippen molar-refractivity contribution in [2.75, 3.05) is 19.0 Å². The molecule has 0 unspecified atom stereocenters. The van der Waals surface area contributed by atoms with E-state index in [4.69, 9.17) is 4.74 Å². The van der Waals surface area contributed by atoms with E-state index < -0.39 is 0 Å². The minimum Gasteiger partial charge on any atom is -0.483 e. The van der Waals surface area contributed by atoms with E-state index in [0.717, 1.165) is 15.2 Å². The first-order valence-corrected chi connectivity index (χ1v) is 11.0. The lowest BCUT2D eigenvalue weighted by atomic mass is 10.2. The van der Waals surface area contributed by atoms with Crippen molar-refractivity contribution in [3.8, 4) is 5.75 Å². The number of aromatic nitrogens is 1. The molecular formula is C25H23N3O3S. The van der Waals surface area contributed by atoms with Gasteiger partial charge >= 0.3 is 0 Å². The van der Waals surface area contributed by atoms with Gasteiger partial charge in [-0.3, -0.25) is 9.59 Å². The van der Waals surface area contributed by atoms with Gasteiger partial charge in [0.25, 0.3) is 11.8 Å². The van der Waals surface area contributed by atoms with Gasteiger partial charge in [-0.05, 0) is 43.3 Å². The molecule has 0 aliphatic heterocycles. The van der Waals surface area contributed by atoms with Crippen LogP contribution in [0.3, 0.4) is 0 Å². The van der Waals surface area contributed by atoms with Crippen molar-refractivity contribution in [3.63, 3.8) is 0 Å². The smallest absolute Gasteiger partial charge is 0.260 e. The number of thiazole rings is 1. The van der Waals surface area contributed by atoms with Crippen molar-refractivity contribution in [3.05, 3.63) is 89.4 Å². The number of rotatable bonds is 7. The zero-order valence-corrected chi connectivity index (χ0v) is 18.6. The summed E-state index contributed by atoms with van der Waals surface area (Å²) in [7, 11) is 1.73. The van der Waals surface area contributed by atoms with E-state index in [1.54, 1.807) is 47.5 Å². The number of carbonyl (C=O) groups excluding carboxylic acids is 2. The molecule has 1 atom stereocenters. The molecule has 0 spiro atoms. The number of ether oxygens (including phenoxy) is 1. The van der Waals surface area contributed by atoms with Gasteiger partial charge in [0.1, 0.15) is 10.8 Å². The van der Waals surface area contributed by atoms with Gasteiger partial charge in [-0.15, -0.1) is 11.3 Å². The summed E-state index contributed by atoms with van der Waals surface area (Å²) in [5.74, 6) is -0.138. The minimum absolute atomic E-state index is 0.179. The molecule has 4 rings (SSSR count). The third kappa shape index (κ3) is 4.78. The zero-order chi connectivity index (χ0) is 22.5. The molecule has 0 radical (unpaired) electrons. The molecule has 1 N–H and O–H groups in total. The fourth-order valence-corrected chi connectivity index (χ4v) is 4.25. The highest BCUT2D eigenvalue weighted by Crippen LogP contribution is 2.29. The predicted molar refractivity (Wildman–Crippen MR) is 127 cm³/mol. The second-order valence-electron chi connectivity index (χ2n) is 7.31.